The third kappa shape index (κ3) is 1.55. The monoisotopic (exact) mass is 192 g/mol. The van der Waals surface area contributed by atoms with Crippen LogP contribution in [0.2, 0.25) is 0 Å². The molecule has 0 saturated carbocycles. The number of hydrogen-bond acceptors (Lipinski definition) is 3. The van der Waals surface area contributed by atoms with Crippen molar-refractivity contribution in [3.8, 4) is 5.75 Å². The van der Waals surface area contributed by atoms with Crippen LogP contribution in [-0.4, -0.2) is 13.2 Å². The van der Waals surface area contributed by atoms with Crippen molar-refractivity contribution in [1.82, 2.24) is 0 Å². The molecule has 1 heterocycles. The highest BCUT2D eigenvalue weighted by Gasteiger charge is 2.17. The maximum absolute atomic E-state index is 5.89. The fourth-order valence-corrected chi connectivity index (χ4v) is 1.91. The van der Waals surface area contributed by atoms with E-state index in [1.165, 1.54) is 5.56 Å². The van der Waals surface area contributed by atoms with E-state index in [1.54, 1.807) is 5.01 Å². The molecule has 1 aliphatic heterocycles. The predicted molar refractivity (Wildman–Crippen MR) is 57.5 cm³/mol. The number of nitrogens with two attached hydrogens (primary N) is 1. The number of hydrazine groups is 1. The Kier molecular flexibility index (Phi) is 2.59. The van der Waals surface area contributed by atoms with E-state index in [2.05, 4.69) is 6.07 Å². The molecule has 1 aromatic carbocycles. The number of hydrogen-bond donors (Lipinski definition) is 1. The van der Waals surface area contributed by atoms with Gasteiger partial charge in [-0.1, -0.05) is 6.07 Å². The van der Waals surface area contributed by atoms with Crippen LogP contribution in [0.4, 0.5) is 5.69 Å². The summed E-state index contributed by atoms with van der Waals surface area (Å²) in [5.41, 5.74) is 2.37. The van der Waals surface area contributed by atoms with E-state index in [0.717, 1.165) is 30.8 Å². The van der Waals surface area contributed by atoms with Crippen molar-refractivity contribution < 1.29 is 4.74 Å². The van der Waals surface area contributed by atoms with Crippen LogP contribution in [0.5, 0.6) is 5.75 Å². The molecule has 0 aliphatic carbocycles. The standard InChI is InChI=1S/C11H16N2O/c1-2-14-11-7-3-6-10-9(11)5-4-8-13(10)12/h3,6-7H,2,4-5,8,12H2,1H3. The molecule has 3 nitrogen and oxygen atoms in total. The minimum Gasteiger partial charge on any atom is -0.494 e. The molecule has 14 heavy (non-hydrogen) atoms. The second-order valence-corrected chi connectivity index (χ2v) is 3.48. The lowest BCUT2D eigenvalue weighted by molar-refractivity contribution is 0.335. The summed E-state index contributed by atoms with van der Waals surface area (Å²) in [6.07, 6.45) is 2.17. The zero-order chi connectivity index (χ0) is 9.97. The van der Waals surface area contributed by atoms with Crippen molar-refractivity contribution in [2.75, 3.05) is 18.2 Å². The minimum absolute atomic E-state index is 0.709. The molecule has 76 valence electrons. The van der Waals surface area contributed by atoms with Crippen LogP contribution in [0.1, 0.15) is 18.9 Å². The Morgan fingerprint density at radius 1 is 1.50 bits per heavy atom. The Balaban J connectivity index is 2.39. The van der Waals surface area contributed by atoms with Gasteiger partial charge in [-0.25, -0.2) is 5.84 Å². The summed E-state index contributed by atoms with van der Waals surface area (Å²) >= 11 is 0. The molecule has 0 amide bonds. The first kappa shape index (κ1) is 9.34. The molecular formula is C11H16N2O. The number of ether oxygens (including phenoxy) is 1. The number of nitrogens with zero attached hydrogens (tertiary/aromatic N) is 1. The van der Waals surface area contributed by atoms with Crippen LogP contribution in [0.3, 0.4) is 0 Å². The SMILES string of the molecule is CCOc1cccc2c1CCCN2N. The smallest absolute Gasteiger partial charge is 0.124 e. The Morgan fingerprint density at radius 3 is 3.14 bits per heavy atom. The lowest BCUT2D eigenvalue weighted by atomic mass is 10.0. The van der Waals surface area contributed by atoms with E-state index in [9.17, 15) is 0 Å². The van der Waals surface area contributed by atoms with Crippen LogP contribution < -0.4 is 15.6 Å². The first-order valence-corrected chi connectivity index (χ1v) is 5.10. The fourth-order valence-electron chi connectivity index (χ4n) is 1.91. The summed E-state index contributed by atoms with van der Waals surface area (Å²) in [4.78, 5) is 0. The number of anilines is 1. The topological polar surface area (TPSA) is 38.5 Å². The maximum Gasteiger partial charge on any atom is 0.124 e. The molecule has 0 atom stereocenters. The molecule has 1 aromatic rings. The van der Waals surface area contributed by atoms with Crippen LogP contribution in [0, 0.1) is 0 Å². The second-order valence-electron chi connectivity index (χ2n) is 3.48. The second kappa shape index (κ2) is 3.88. The highest BCUT2D eigenvalue weighted by molar-refractivity contribution is 5.60. The average molecular weight is 192 g/mol. The summed E-state index contributed by atoms with van der Waals surface area (Å²) < 4.78 is 5.57. The first-order chi connectivity index (χ1) is 6.83. The lowest BCUT2D eigenvalue weighted by Crippen LogP contribution is -2.35. The highest BCUT2D eigenvalue weighted by Crippen LogP contribution is 2.32. The van der Waals surface area contributed by atoms with Gasteiger partial charge in [-0.05, 0) is 31.9 Å². The maximum atomic E-state index is 5.89. The fraction of sp³-hybridized carbons (Fsp3) is 0.455. The van der Waals surface area contributed by atoms with E-state index in [-0.39, 0.29) is 0 Å². The van der Waals surface area contributed by atoms with Gasteiger partial charge in [-0.2, -0.15) is 0 Å². The predicted octanol–water partition coefficient (Wildman–Crippen LogP) is 1.71. The quantitative estimate of drug-likeness (QED) is 0.725. The van der Waals surface area contributed by atoms with E-state index >= 15 is 0 Å². The van der Waals surface area contributed by atoms with Gasteiger partial charge in [-0.15, -0.1) is 0 Å². The molecule has 0 bridgehead atoms. The Hall–Kier alpha value is -1.22. The molecule has 1 aliphatic rings. The van der Waals surface area contributed by atoms with Gasteiger partial charge in [0.05, 0.1) is 12.3 Å². The molecule has 0 saturated heterocycles. The molecule has 0 fully saturated rings. The third-order valence-electron chi connectivity index (χ3n) is 2.54. The Labute approximate surface area is 84.4 Å². The van der Waals surface area contributed by atoms with Gasteiger partial charge in [0.2, 0.25) is 0 Å². The molecule has 2 rings (SSSR count). The summed E-state index contributed by atoms with van der Waals surface area (Å²) in [7, 11) is 0. The summed E-state index contributed by atoms with van der Waals surface area (Å²) in [6.45, 7) is 3.64. The molecule has 2 N–H and O–H groups in total. The van der Waals surface area contributed by atoms with E-state index in [4.69, 9.17) is 10.6 Å². The highest BCUT2D eigenvalue weighted by atomic mass is 16.5. The van der Waals surface area contributed by atoms with Crippen molar-refractivity contribution in [3.63, 3.8) is 0 Å². The summed E-state index contributed by atoms with van der Waals surface area (Å²) in [5.74, 6) is 6.88. The number of fused-ring (bicyclic) bond motifs is 1. The van der Waals surface area contributed by atoms with Crippen molar-refractivity contribution in [2.24, 2.45) is 5.84 Å². The lowest BCUT2D eigenvalue weighted by Gasteiger charge is -2.28. The van der Waals surface area contributed by atoms with Gasteiger partial charge < -0.3 is 9.75 Å². The van der Waals surface area contributed by atoms with Gasteiger partial charge >= 0.3 is 0 Å². The van der Waals surface area contributed by atoms with Crippen LogP contribution in [-0.2, 0) is 6.42 Å². The Morgan fingerprint density at radius 2 is 2.36 bits per heavy atom. The van der Waals surface area contributed by atoms with Crippen molar-refractivity contribution >= 4 is 5.69 Å². The first-order valence-electron chi connectivity index (χ1n) is 5.10. The third-order valence-corrected chi connectivity index (χ3v) is 2.54. The molecule has 0 aromatic heterocycles. The van der Waals surface area contributed by atoms with Gasteiger partial charge in [0.15, 0.2) is 0 Å². The van der Waals surface area contributed by atoms with Crippen LogP contribution >= 0.6 is 0 Å². The van der Waals surface area contributed by atoms with Crippen molar-refractivity contribution in [3.05, 3.63) is 23.8 Å². The number of benzene rings is 1. The molecule has 0 spiro atoms. The zero-order valence-corrected chi connectivity index (χ0v) is 8.49. The van der Waals surface area contributed by atoms with Gasteiger partial charge in [0.1, 0.15) is 5.75 Å². The van der Waals surface area contributed by atoms with Gasteiger partial charge in [0, 0.05) is 12.1 Å². The van der Waals surface area contributed by atoms with E-state index in [1.807, 2.05) is 19.1 Å². The number of rotatable bonds is 2. The van der Waals surface area contributed by atoms with Crippen molar-refractivity contribution in [1.29, 1.82) is 0 Å². The molecule has 0 radical (unpaired) electrons. The largest absolute Gasteiger partial charge is 0.494 e. The van der Waals surface area contributed by atoms with Crippen molar-refractivity contribution in [2.45, 2.75) is 19.8 Å². The van der Waals surface area contributed by atoms with Gasteiger partial charge in [0.25, 0.3) is 0 Å². The van der Waals surface area contributed by atoms with E-state index in [0.29, 0.717) is 6.61 Å². The Bertz CT molecular complexity index is 325. The molecule has 3 heteroatoms. The minimum atomic E-state index is 0.709. The molecule has 0 unspecified atom stereocenters. The zero-order valence-electron chi connectivity index (χ0n) is 8.49. The van der Waals surface area contributed by atoms with E-state index < -0.39 is 0 Å². The summed E-state index contributed by atoms with van der Waals surface area (Å²) in [6, 6.07) is 6.06. The van der Waals surface area contributed by atoms with Gasteiger partial charge in [-0.3, -0.25) is 0 Å². The molecular weight excluding hydrogens is 176 g/mol. The van der Waals surface area contributed by atoms with Crippen LogP contribution in [0.25, 0.3) is 0 Å². The van der Waals surface area contributed by atoms with Crippen LogP contribution in [0.15, 0.2) is 18.2 Å². The summed E-state index contributed by atoms with van der Waals surface area (Å²) in [5, 5.41) is 1.81. The normalized spacial score (nSPS) is 15.1. The average Bonchev–Trinajstić information content (AvgIpc) is 2.20.